The van der Waals surface area contributed by atoms with E-state index in [1.54, 1.807) is 19.4 Å². The summed E-state index contributed by atoms with van der Waals surface area (Å²) in [5.41, 5.74) is 1.42. The van der Waals surface area contributed by atoms with E-state index in [0.29, 0.717) is 30.7 Å². The van der Waals surface area contributed by atoms with Gasteiger partial charge in [-0.25, -0.2) is 0 Å². The van der Waals surface area contributed by atoms with Crippen LogP contribution < -0.4 is 10.1 Å². The molecule has 2 aromatic rings. The Bertz CT molecular complexity index is 805. The number of piperidine rings is 1. The maximum Gasteiger partial charge on any atom is 0.310 e. The minimum Gasteiger partial charge on any atom is -0.497 e. The Hall–Kier alpha value is -2.47. The molecular formula is C20H24N2O4. The van der Waals surface area contributed by atoms with Crippen LogP contribution in [-0.2, 0) is 9.53 Å². The number of methoxy groups -OCH3 is 2. The van der Waals surface area contributed by atoms with Gasteiger partial charge >= 0.3 is 5.97 Å². The summed E-state index contributed by atoms with van der Waals surface area (Å²) in [6.07, 6.45) is 3.60. The van der Waals surface area contributed by atoms with Crippen LogP contribution >= 0.6 is 0 Å². The number of ether oxygens (including phenoxy) is 2. The van der Waals surface area contributed by atoms with Crippen LogP contribution in [0.25, 0.3) is 10.9 Å². The van der Waals surface area contributed by atoms with Crippen molar-refractivity contribution in [3.05, 3.63) is 36.0 Å². The number of rotatable bonds is 6. The van der Waals surface area contributed by atoms with Gasteiger partial charge < -0.3 is 14.8 Å². The van der Waals surface area contributed by atoms with Gasteiger partial charge in [0.15, 0.2) is 5.78 Å². The largest absolute Gasteiger partial charge is 0.497 e. The lowest BCUT2D eigenvalue weighted by atomic mass is 9.82. The SMILES string of the molecule is COC(=O)C1CNCCC1CCC(=O)c1ccnc2ccc(OC)cc12. The molecule has 1 fully saturated rings. The number of aromatic nitrogens is 1. The number of hydrogen-bond acceptors (Lipinski definition) is 6. The molecule has 0 radical (unpaired) electrons. The second kappa shape index (κ2) is 8.27. The highest BCUT2D eigenvalue weighted by Crippen LogP contribution is 2.28. The molecule has 1 N–H and O–H groups in total. The molecule has 1 aliphatic rings. The van der Waals surface area contributed by atoms with Gasteiger partial charge in [-0.3, -0.25) is 14.6 Å². The number of esters is 1. The fourth-order valence-corrected chi connectivity index (χ4v) is 3.63. The average Bonchev–Trinajstić information content (AvgIpc) is 2.70. The molecule has 2 unspecified atom stereocenters. The Morgan fingerprint density at radius 3 is 2.88 bits per heavy atom. The van der Waals surface area contributed by atoms with E-state index in [2.05, 4.69) is 10.3 Å². The zero-order valence-electron chi connectivity index (χ0n) is 15.2. The first kappa shape index (κ1) is 18.3. The number of pyridine rings is 1. The first-order chi connectivity index (χ1) is 12.6. The first-order valence-electron chi connectivity index (χ1n) is 8.88. The Morgan fingerprint density at radius 1 is 1.27 bits per heavy atom. The van der Waals surface area contributed by atoms with Crippen LogP contribution in [0.5, 0.6) is 5.75 Å². The number of benzene rings is 1. The molecule has 0 aliphatic carbocycles. The minimum absolute atomic E-state index is 0.0628. The maximum absolute atomic E-state index is 12.8. The highest BCUT2D eigenvalue weighted by Gasteiger charge is 2.31. The van der Waals surface area contributed by atoms with Gasteiger partial charge in [-0.15, -0.1) is 0 Å². The lowest BCUT2D eigenvalue weighted by Crippen LogP contribution is -2.41. The molecule has 6 heteroatoms. The summed E-state index contributed by atoms with van der Waals surface area (Å²) >= 11 is 0. The Balaban J connectivity index is 1.75. The highest BCUT2D eigenvalue weighted by atomic mass is 16.5. The standard InChI is InChI=1S/C20H24N2O4/c1-25-14-4-5-18-16(11-14)15(8-10-22-18)19(23)6-3-13-7-9-21-12-17(13)20(24)26-2/h4-5,8,10-11,13,17,21H,3,6-7,9,12H2,1-2H3. The van der Waals surface area contributed by atoms with Crippen LogP contribution in [0.2, 0.25) is 0 Å². The van der Waals surface area contributed by atoms with Crippen molar-refractivity contribution in [3.8, 4) is 5.75 Å². The summed E-state index contributed by atoms with van der Waals surface area (Å²) in [5.74, 6) is 0.538. The topological polar surface area (TPSA) is 77.5 Å². The van der Waals surface area contributed by atoms with E-state index in [-0.39, 0.29) is 23.6 Å². The van der Waals surface area contributed by atoms with Gasteiger partial charge in [0, 0.05) is 30.1 Å². The Labute approximate surface area is 152 Å². The Morgan fingerprint density at radius 2 is 2.12 bits per heavy atom. The molecule has 0 bridgehead atoms. The van der Waals surface area contributed by atoms with E-state index in [0.717, 1.165) is 23.9 Å². The van der Waals surface area contributed by atoms with Crippen molar-refractivity contribution in [2.45, 2.75) is 19.3 Å². The van der Waals surface area contributed by atoms with E-state index in [1.807, 2.05) is 18.2 Å². The van der Waals surface area contributed by atoms with Crippen molar-refractivity contribution in [3.63, 3.8) is 0 Å². The van der Waals surface area contributed by atoms with Gasteiger partial charge in [0.25, 0.3) is 0 Å². The molecule has 1 aromatic carbocycles. The third kappa shape index (κ3) is 3.85. The predicted octanol–water partition coefficient (Wildman–Crippen LogP) is 2.61. The molecule has 1 aromatic heterocycles. The van der Waals surface area contributed by atoms with Gasteiger partial charge in [-0.1, -0.05) is 0 Å². The number of carbonyl (C=O) groups excluding carboxylic acids is 2. The molecule has 1 saturated heterocycles. The van der Waals surface area contributed by atoms with Crippen molar-refractivity contribution in [2.24, 2.45) is 11.8 Å². The summed E-state index contributed by atoms with van der Waals surface area (Å²) in [7, 11) is 3.01. The number of ketones is 1. The van der Waals surface area contributed by atoms with Crippen molar-refractivity contribution in [1.29, 1.82) is 0 Å². The monoisotopic (exact) mass is 356 g/mol. The van der Waals surface area contributed by atoms with Crippen LogP contribution in [0, 0.1) is 11.8 Å². The van der Waals surface area contributed by atoms with Gasteiger partial charge in [0.1, 0.15) is 5.75 Å². The van der Waals surface area contributed by atoms with Crippen LogP contribution in [0.3, 0.4) is 0 Å². The van der Waals surface area contributed by atoms with Crippen LogP contribution in [-0.4, -0.2) is 44.0 Å². The van der Waals surface area contributed by atoms with Crippen LogP contribution in [0.15, 0.2) is 30.5 Å². The van der Waals surface area contributed by atoms with E-state index >= 15 is 0 Å². The predicted molar refractivity (Wildman–Crippen MR) is 98.3 cm³/mol. The van der Waals surface area contributed by atoms with Gasteiger partial charge in [-0.2, -0.15) is 0 Å². The summed E-state index contributed by atoms with van der Waals surface area (Å²) in [6, 6.07) is 7.28. The maximum atomic E-state index is 12.8. The van der Waals surface area contributed by atoms with Crippen molar-refractivity contribution >= 4 is 22.7 Å². The lowest BCUT2D eigenvalue weighted by molar-refractivity contribution is -0.148. The van der Waals surface area contributed by atoms with Gasteiger partial charge in [0.2, 0.25) is 0 Å². The van der Waals surface area contributed by atoms with Crippen molar-refractivity contribution in [1.82, 2.24) is 10.3 Å². The normalized spacial score (nSPS) is 19.9. The molecule has 6 nitrogen and oxygen atoms in total. The zero-order valence-corrected chi connectivity index (χ0v) is 15.2. The molecule has 138 valence electrons. The molecule has 0 spiro atoms. The van der Waals surface area contributed by atoms with Crippen molar-refractivity contribution < 1.29 is 19.1 Å². The number of nitrogens with one attached hydrogen (secondary N) is 1. The van der Waals surface area contributed by atoms with Crippen LogP contribution in [0.4, 0.5) is 0 Å². The van der Waals surface area contributed by atoms with E-state index < -0.39 is 0 Å². The third-order valence-electron chi connectivity index (χ3n) is 5.12. The molecule has 2 atom stereocenters. The summed E-state index contributed by atoms with van der Waals surface area (Å²) in [5, 5.41) is 4.03. The molecule has 3 rings (SSSR count). The molecule has 1 aliphatic heterocycles. The van der Waals surface area contributed by atoms with Gasteiger partial charge in [-0.05, 0) is 49.6 Å². The van der Waals surface area contributed by atoms with E-state index in [1.165, 1.54) is 7.11 Å². The lowest BCUT2D eigenvalue weighted by Gasteiger charge is -2.30. The minimum atomic E-state index is -0.200. The van der Waals surface area contributed by atoms with E-state index in [4.69, 9.17) is 9.47 Å². The second-order valence-electron chi connectivity index (χ2n) is 6.59. The fraction of sp³-hybridized carbons (Fsp3) is 0.450. The molecule has 0 amide bonds. The van der Waals surface area contributed by atoms with Crippen molar-refractivity contribution in [2.75, 3.05) is 27.3 Å². The summed E-state index contributed by atoms with van der Waals surface area (Å²) in [4.78, 5) is 29.1. The number of carbonyl (C=O) groups is 2. The molecular weight excluding hydrogens is 332 g/mol. The Kier molecular flexibility index (Phi) is 5.83. The number of Topliss-reactive ketones (excluding diaryl/α,β-unsaturated/α-hetero) is 1. The zero-order chi connectivity index (χ0) is 18.5. The molecule has 26 heavy (non-hydrogen) atoms. The highest BCUT2D eigenvalue weighted by molar-refractivity contribution is 6.07. The van der Waals surface area contributed by atoms with Crippen LogP contribution in [0.1, 0.15) is 29.6 Å². The summed E-state index contributed by atoms with van der Waals surface area (Å²) in [6.45, 7) is 1.47. The first-order valence-corrected chi connectivity index (χ1v) is 8.88. The summed E-state index contributed by atoms with van der Waals surface area (Å²) < 4.78 is 10.2. The average molecular weight is 356 g/mol. The fourth-order valence-electron chi connectivity index (χ4n) is 3.63. The quantitative estimate of drug-likeness (QED) is 0.633. The molecule has 0 saturated carbocycles. The second-order valence-corrected chi connectivity index (χ2v) is 6.59. The van der Waals surface area contributed by atoms with Gasteiger partial charge in [0.05, 0.1) is 25.7 Å². The number of fused-ring (bicyclic) bond motifs is 1. The number of nitrogens with zero attached hydrogens (tertiary/aromatic N) is 1. The molecule has 2 heterocycles. The third-order valence-corrected chi connectivity index (χ3v) is 5.12. The number of hydrogen-bond donors (Lipinski definition) is 1. The smallest absolute Gasteiger partial charge is 0.310 e. The van der Waals surface area contributed by atoms with E-state index in [9.17, 15) is 9.59 Å².